The lowest BCUT2D eigenvalue weighted by Crippen LogP contribution is -3.03. The molecule has 2 aromatic rings. The van der Waals surface area contributed by atoms with E-state index in [2.05, 4.69) is 5.32 Å². The molecule has 0 saturated heterocycles. The van der Waals surface area contributed by atoms with Gasteiger partial charge in [0, 0.05) is 6.54 Å². The van der Waals surface area contributed by atoms with Crippen molar-refractivity contribution in [3.05, 3.63) is 83.0 Å². The predicted octanol–water partition coefficient (Wildman–Crippen LogP) is 2.02. The molecule has 7 heteroatoms. The highest BCUT2D eigenvalue weighted by atomic mass is 16.5. The predicted molar refractivity (Wildman–Crippen MR) is 109 cm³/mol. The molecule has 1 aliphatic carbocycles. The fraction of sp³-hybridized carbons (Fsp3) is 0.261. The van der Waals surface area contributed by atoms with Crippen LogP contribution < -0.4 is 19.9 Å². The molecule has 156 valence electrons. The zero-order chi connectivity index (χ0) is 21.1. The van der Waals surface area contributed by atoms with E-state index in [9.17, 15) is 15.1 Å². The molecule has 0 spiro atoms. The van der Waals surface area contributed by atoms with Crippen LogP contribution in [0.15, 0.2) is 66.3 Å². The number of hydrogen-bond acceptors (Lipinski definition) is 5. The second-order valence-electron chi connectivity index (χ2n) is 7.50. The van der Waals surface area contributed by atoms with Gasteiger partial charge in [-0.25, -0.2) is 5.21 Å². The average Bonchev–Trinajstić information content (AvgIpc) is 3.10. The Balaban J connectivity index is 1.39. The van der Waals surface area contributed by atoms with Crippen LogP contribution in [-0.4, -0.2) is 23.4 Å². The van der Waals surface area contributed by atoms with E-state index in [1.165, 1.54) is 5.56 Å². The molecule has 0 fully saturated rings. The summed E-state index contributed by atoms with van der Waals surface area (Å²) in [5, 5.41) is 22.8. The Morgan fingerprint density at radius 3 is 2.67 bits per heavy atom. The van der Waals surface area contributed by atoms with E-state index in [0.29, 0.717) is 36.7 Å². The minimum atomic E-state index is -0.750. The number of quaternary nitrogens is 1. The van der Waals surface area contributed by atoms with Gasteiger partial charge in [0.2, 0.25) is 5.82 Å². The van der Waals surface area contributed by atoms with Crippen LogP contribution in [0.4, 0.5) is 0 Å². The first-order valence-electron chi connectivity index (χ1n) is 9.91. The van der Waals surface area contributed by atoms with Gasteiger partial charge >= 0.3 is 5.97 Å². The van der Waals surface area contributed by atoms with Gasteiger partial charge in [0.15, 0.2) is 12.0 Å². The van der Waals surface area contributed by atoms with Crippen molar-refractivity contribution in [1.29, 1.82) is 0 Å². The first kappa shape index (κ1) is 20.0. The summed E-state index contributed by atoms with van der Waals surface area (Å²) in [6.45, 7) is 0.552. The first-order valence-corrected chi connectivity index (χ1v) is 9.91. The Kier molecular flexibility index (Phi) is 5.74. The molecule has 1 aliphatic heterocycles. The maximum Gasteiger partial charge on any atom is 0.306 e. The Labute approximate surface area is 174 Å². The number of aryl methyl sites for hydroxylation is 1. The number of nitrogens with one attached hydrogen (secondary N) is 2. The van der Waals surface area contributed by atoms with Crippen LogP contribution in [0.2, 0.25) is 0 Å². The molecule has 1 heterocycles. The van der Waals surface area contributed by atoms with Gasteiger partial charge in [-0.05, 0) is 60.2 Å². The van der Waals surface area contributed by atoms with Gasteiger partial charge in [0.05, 0.1) is 19.1 Å². The van der Waals surface area contributed by atoms with Crippen LogP contribution in [0.25, 0.3) is 0 Å². The fourth-order valence-corrected chi connectivity index (χ4v) is 3.76. The summed E-state index contributed by atoms with van der Waals surface area (Å²) in [6, 6.07) is 13.5. The van der Waals surface area contributed by atoms with Gasteiger partial charge in [-0.2, -0.15) is 0 Å². The quantitative estimate of drug-likeness (QED) is 0.559. The zero-order valence-corrected chi connectivity index (χ0v) is 16.7. The van der Waals surface area contributed by atoms with Gasteiger partial charge in [-0.1, -0.05) is 18.2 Å². The minimum Gasteiger partial charge on any atom is -0.497 e. The van der Waals surface area contributed by atoms with Gasteiger partial charge in [0.1, 0.15) is 11.5 Å². The molecule has 2 aliphatic rings. The number of aliphatic carboxylic acids is 1. The molecule has 0 radical (unpaired) electrons. The third-order valence-corrected chi connectivity index (χ3v) is 5.47. The fourth-order valence-electron chi connectivity index (χ4n) is 3.76. The number of methoxy groups -OCH3 is 1. The van der Waals surface area contributed by atoms with Crippen molar-refractivity contribution in [3.8, 4) is 11.5 Å². The van der Waals surface area contributed by atoms with Crippen molar-refractivity contribution < 1.29 is 29.6 Å². The first-order chi connectivity index (χ1) is 14.5. The van der Waals surface area contributed by atoms with Crippen LogP contribution in [0.3, 0.4) is 0 Å². The van der Waals surface area contributed by atoms with Gasteiger partial charge in [-0.3, -0.25) is 4.79 Å². The van der Waals surface area contributed by atoms with Crippen LogP contribution in [0.5, 0.6) is 11.5 Å². The Morgan fingerprint density at radius 1 is 1.17 bits per heavy atom. The van der Waals surface area contributed by atoms with Gasteiger partial charge < -0.3 is 19.9 Å². The third-order valence-electron chi connectivity index (χ3n) is 5.47. The molecule has 7 nitrogen and oxygen atoms in total. The number of fused-ring (bicyclic) bond motifs is 1. The van der Waals surface area contributed by atoms with Gasteiger partial charge in [0.25, 0.3) is 0 Å². The maximum absolute atomic E-state index is 11.3. The molecule has 4 rings (SSSR count). The van der Waals surface area contributed by atoms with E-state index >= 15 is 0 Å². The van der Waals surface area contributed by atoms with E-state index in [-0.39, 0.29) is 11.0 Å². The molecule has 2 aromatic carbocycles. The van der Waals surface area contributed by atoms with Gasteiger partial charge in [-0.15, -0.1) is 5.06 Å². The van der Waals surface area contributed by atoms with Crippen LogP contribution >= 0.6 is 0 Å². The number of carboxylic acids is 1. The lowest BCUT2D eigenvalue weighted by molar-refractivity contribution is -1.01. The van der Waals surface area contributed by atoms with Crippen LogP contribution in [0, 0.1) is 5.92 Å². The number of carbonyl (C=O) groups is 1. The number of carboxylic acid groups (broad SMARTS) is 1. The second-order valence-corrected chi connectivity index (χ2v) is 7.50. The number of benzene rings is 2. The molecule has 30 heavy (non-hydrogen) atoms. The molecular weight excluding hydrogens is 384 g/mol. The standard InChI is InChI=1S/C23H24N2O5/c1-29-19-7-2-15(3-8-19)13-24-22-12-21(14-25(22)28)30-20-9-6-16-4-5-17(23(26)27)10-18(16)11-20/h2-3,6-9,11-12,14,17,24,28H,4-5,10,13H2,1H3,(H,26,27)/p+1. The van der Waals surface area contributed by atoms with E-state index in [1.807, 2.05) is 42.5 Å². The Morgan fingerprint density at radius 2 is 1.93 bits per heavy atom. The Hall–Kier alpha value is -3.29. The van der Waals surface area contributed by atoms with Crippen molar-refractivity contribution in [1.82, 2.24) is 5.32 Å². The van der Waals surface area contributed by atoms with Crippen molar-refractivity contribution in [2.75, 3.05) is 7.11 Å². The van der Waals surface area contributed by atoms with Crippen LogP contribution in [-0.2, 0) is 24.2 Å². The minimum absolute atomic E-state index is 0.113. The largest absolute Gasteiger partial charge is 0.497 e. The summed E-state index contributed by atoms with van der Waals surface area (Å²) < 4.78 is 11.1. The number of hydrogen-bond donors (Lipinski definition) is 4. The summed E-state index contributed by atoms with van der Waals surface area (Å²) >= 11 is 0. The average molecular weight is 409 g/mol. The molecule has 2 unspecified atom stereocenters. The molecular formula is C23H25N2O5+. The van der Waals surface area contributed by atoms with E-state index < -0.39 is 5.97 Å². The smallest absolute Gasteiger partial charge is 0.306 e. The van der Waals surface area contributed by atoms with E-state index in [1.54, 1.807) is 19.4 Å². The van der Waals surface area contributed by atoms with E-state index in [4.69, 9.17) is 9.47 Å². The molecule has 0 amide bonds. The summed E-state index contributed by atoms with van der Waals surface area (Å²) in [7, 11) is 1.63. The van der Waals surface area contributed by atoms with Crippen LogP contribution in [0.1, 0.15) is 23.1 Å². The van der Waals surface area contributed by atoms with Crippen molar-refractivity contribution in [2.45, 2.75) is 25.8 Å². The summed E-state index contributed by atoms with van der Waals surface area (Å²) in [5.41, 5.74) is 3.24. The maximum atomic E-state index is 11.3. The molecule has 0 saturated carbocycles. The molecule has 4 N–H and O–H groups in total. The highest BCUT2D eigenvalue weighted by Crippen LogP contribution is 2.29. The Bertz CT molecular complexity index is 997. The zero-order valence-electron chi connectivity index (χ0n) is 16.7. The summed E-state index contributed by atoms with van der Waals surface area (Å²) in [5.74, 6) is 1.45. The number of rotatable bonds is 7. The number of hydroxylamine groups is 2. The third kappa shape index (κ3) is 4.48. The summed E-state index contributed by atoms with van der Waals surface area (Å²) in [4.78, 5) is 11.3. The van der Waals surface area contributed by atoms with Crippen molar-refractivity contribution in [3.63, 3.8) is 0 Å². The van der Waals surface area contributed by atoms with Crippen molar-refractivity contribution in [2.24, 2.45) is 5.92 Å². The highest BCUT2D eigenvalue weighted by Gasteiger charge is 2.25. The van der Waals surface area contributed by atoms with Crippen molar-refractivity contribution >= 4 is 5.97 Å². The number of ether oxygens (including phenoxy) is 2. The monoisotopic (exact) mass is 409 g/mol. The second kappa shape index (κ2) is 8.61. The topological polar surface area (TPSA) is 92.5 Å². The molecule has 0 bridgehead atoms. The lowest BCUT2D eigenvalue weighted by atomic mass is 9.84. The highest BCUT2D eigenvalue weighted by molar-refractivity contribution is 5.71. The number of allylic oxidation sites excluding steroid dienone is 1. The normalized spacial score (nSPS) is 20.1. The summed E-state index contributed by atoms with van der Waals surface area (Å²) in [6.07, 6.45) is 5.27. The molecule has 0 aromatic heterocycles. The SMILES string of the molecule is COc1ccc(CNC2=CC(Oc3ccc4c(c3)CC(C(=O)O)CC4)=C[NH+]2O)cc1. The lowest BCUT2D eigenvalue weighted by Gasteiger charge is -2.22. The molecule has 2 atom stereocenters. The van der Waals surface area contributed by atoms with E-state index in [0.717, 1.165) is 23.3 Å².